The number of nitrogens with one attached hydrogen (secondary N) is 1. The minimum atomic E-state index is -0.458. The van der Waals surface area contributed by atoms with Gasteiger partial charge in [0, 0.05) is 27.5 Å². The van der Waals surface area contributed by atoms with E-state index in [-0.39, 0.29) is 11.9 Å². The molecule has 0 radical (unpaired) electrons. The molecule has 0 saturated carbocycles. The lowest BCUT2D eigenvalue weighted by Gasteiger charge is -2.21. The van der Waals surface area contributed by atoms with Crippen molar-refractivity contribution in [3.63, 3.8) is 0 Å². The largest absolute Gasteiger partial charge is 0.354 e. The number of amides is 1. The Labute approximate surface area is 94.5 Å². The van der Waals surface area contributed by atoms with Gasteiger partial charge < -0.3 is 14.8 Å². The van der Waals surface area contributed by atoms with Gasteiger partial charge in [0.1, 0.15) is 0 Å². The van der Waals surface area contributed by atoms with Gasteiger partial charge in [-0.05, 0) is 6.92 Å². The Hall–Kier alpha value is -1.40. The summed E-state index contributed by atoms with van der Waals surface area (Å²) in [6.07, 6.45) is 2.70. The maximum Gasteiger partial charge on any atom is 0.254 e. The summed E-state index contributed by atoms with van der Waals surface area (Å²) in [5.41, 5.74) is 0.514. The first-order chi connectivity index (χ1) is 7.58. The molecule has 6 nitrogen and oxygen atoms in total. The zero-order valence-corrected chi connectivity index (χ0v) is 9.93. The van der Waals surface area contributed by atoms with Crippen molar-refractivity contribution in [1.29, 1.82) is 0 Å². The van der Waals surface area contributed by atoms with E-state index in [1.807, 2.05) is 6.92 Å². The summed E-state index contributed by atoms with van der Waals surface area (Å²) in [6.45, 7) is 1.81. The van der Waals surface area contributed by atoms with E-state index >= 15 is 0 Å². The van der Waals surface area contributed by atoms with Crippen LogP contribution in [0.25, 0.3) is 0 Å². The van der Waals surface area contributed by atoms with Gasteiger partial charge >= 0.3 is 0 Å². The zero-order valence-electron chi connectivity index (χ0n) is 9.93. The predicted molar refractivity (Wildman–Crippen MR) is 57.9 cm³/mol. The normalized spacial score (nSPS) is 12.8. The van der Waals surface area contributed by atoms with E-state index in [0.717, 1.165) is 0 Å². The third-order valence-electron chi connectivity index (χ3n) is 2.20. The summed E-state index contributed by atoms with van der Waals surface area (Å²) >= 11 is 0. The van der Waals surface area contributed by atoms with Crippen molar-refractivity contribution in [3.8, 4) is 0 Å². The Balaban J connectivity index is 2.57. The maximum absolute atomic E-state index is 11.7. The molecule has 1 N–H and O–H groups in total. The molecule has 0 aliphatic rings. The third-order valence-corrected chi connectivity index (χ3v) is 2.20. The molecule has 0 aromatic carbocycles. The fourth-order valence-corrected chi connectivity index (χ4v) is 1.40. The van der Waals surface area contributed by atoms with E-state index < -0.39 is 6.29 Å². The van der Waals surface area contributed by atoms with Gasteiger partial charge in [0.2, 0.25) is 0 Å². The topological polar surface area (TPSA) is 65.4 Å². The van der Waals surface area contributed by atoms with Gasteiger partial charge in [-0.3, -0.25) is 9.48 Å². The van der Waals surface area contributed by atoms with Crippen molar-refractivity contribution in [2.75, 3.05) is 14.2 Å². The molecule has 1 heterocycles. The molecule has 1 aromatic rings. The molecule has 1 atom stereocenters. The van der Waals surface area contributed by atoms with Crippen LogP contribution in [0.1, 0.15) is 17.3 Å². The first kappa shape index (κ1) is 12.7. The quantitative estimate of drug-likeness (QED) is 0.728. The van der Waals surface area contributed by atoms with Gasteiger partial charge in [0.05, 0.1) is 17.8 Å². The van der Waals surface area contributed by atoms with Crippen LogP contribution in [0.4, 0.5) is 0 Å². The molecule has 0 spiro atoms. The molecule has 0 aliphatic carbocycles. The van der Waals surface area contributed by atoms with Crippen LogP contribution in [0.3, 0.4) is 0 Å². The summed E-state index contributed by atoms with van der Waals surface area (Å²) in [4.78, 5) is 11.7. The van der Waals surface area contributed by atoms with Gasteiger partial charge in [-0.1, -0.05) is 0 Å². The summed E-state index contributed by atoms with van der Waals surface area (Å²) in [7, 11) is 4.81. The molecular formula is C10H17N3O3. The standard InChI is InChI=1S/C10H17N3O3/c1-7(10(15-3)16-4)12-9(14)8-5-11-13(2)6-8/h5-7,10H,1-4H3,(H,12,14). The van der Waals surface area contributed by atoms with Crippen LogP contribution in [-0.4, -0.2) is 42.2 Å². The first-order valence-corrected chi connectivity index (χ1v) is 4.93. The van der Waals surface area contributed by atoms with Crippen LogP contribution < -0.4 is 5.32 Å². The van der Waals surface area contributed by atoms with Gasteiger partial charge in [0.25, 0.3) is 5.91 Å². The fourth-order valence-electron chi connectivity index (χ4n) is 1.40. The molecule has 6 heteroatoms. The molecule has 1 rings (SSSR count). The van der Waals surface area contributed by atoms with Gasteiger partial charge in [-0.15, -0.1) is 0 Å². The summed E-state index contributed by atoms with van der Waals surface area (Å²) in [5.74, 6) is -0.195. The molecule has 1 amide bonds. The summed E-state index contributed by atoms with van der Waals surface area (Å²) in [5, 5.41) is 6.69. The van der Waals surface area contributed by atoms with E-state index in [1.165, 1.54) is 20.4 Å². The van der Waals surface area contributed by atoms with E-state index in [0.29, 0.717) is 5.56 Å². The van der Waals surface area contributed by atoms with Gasteiger partial charge in [-0.2, -0.15) is 5.10 Å². The number of carbonyl (C=O) groups excluding carboxylic acids is 1. The maximum atomic E-state index is 11.7. The molecule has 0 saturated heterocycles. The highest BCUT2D eigenvalue weighted by atomic mass is 16.7. The number of rotatable bonds is 5. The second kappa shape index (κ2) is 5.62. The van der Waals surface area contributed by atoms with Crippen molar-refractivity contribution in [3.05, 3.63) is 18.0 Å². The highest BCUT2D eigenvalue weighted by Crippen LogP contribution is 2.02. The van der Waals surface area contributed by atoms with Crippen LogP contribution >= 0.6 is 0 Å². The van der Waals surface area contributed by atoms with Crippen molar-refractivity contribution in [2.24, 2.45) is 7.05 Å². The number of hydrogen-bond donors (Lipinski definition) is 1. The highest BCUT2D eigenvalue weighted by Gasteiger charge is 2.19. The predicted octanol–water partition coefficient (Wildman–Crippen LogP) is 0.157. The van der Waals surface area contributed by atoms with Crippen LogP contribution in [0.15, 0.2) is 12.4 Å². The lowest BCUT2D eigenvalue weighted by molar-refractivity contribution is -0.117. The van der Waals surface area contributed by atoms with Crippen LogP contribution in [0, 0.1) is 0 Å². The van der Waals surface area contributed by atoms with Crippen molar-refractivity contribution >= 4 is 5.91 Å². The van der Waals surface area contributed by atoms with Gasteiger partial charge in [-0.25, -0.2) is 0 Å². The average Bonchev–Trinajstić information content (AvgIpc) is 2.66. The van der Waals surface area contributed by atoms with Gasteiger partial charge in [0.15, 0.2) is 6.29 Å². The molecule has 90 valence electrons. The number of hydrogen-bond acceptors (Lipinski definition) is 4. The van der Waals surface area contributed by atoms with Crippen LogP contribution in [0.5, 0.6) is 0 Å². The minimum Gasteiger partial charge on any atom is -0.354 e. The monoisotopic (exact) mass is 227 g/mol. The lowest BCUT2D eigenvalue weighted by atomic mass is 10.2. The van der Waals surface area contributed by atoms with Crippen LogP contribution in [0.2, 0.25) is 0 Å². The Morgan fingerprint density at radius 1 is 1.50 bits per heavy atom. The Morgan fingerprint density at radius 3 is 2.56 bits per heavy atom. The zero-order chi connectivity index (χ0) is 12.1. The molecule has 0 fully saturated rings. The van der Waals surface area contributed by atoms with E-state index in [2.05, 4.69) is 10.4 Å². The second-order valence-electron chi connectivity index (χ2n) is 3.50. The molecule has 1 aromatic heterocycles. The Morgan fingerprint density at radius 2 is 2.12 bits per heavy atom. The number of aromatic nitrogens is 2. The SMILES string of the molecule is COC(OC)C(C)NC(=O)c1cnn(C)c1. The van der Waals surface area contributed by atoms with E-state index in [1.54, 1.807) is 17.9 Å². The summed E-state index contributed by atoms with van der Waals surface area (Å²) in [6, 6.07) is -0.234. The molecular weight excluding hydrogens is 210 g/mol. The number of carbonyl (C=O) groups is 1. The Kier molecular flexibility index (Phi) is 4.45. The van der Waals surface area contributed by atoms with E-state index in [9.17, 15) is 4.79 Å². The first-order valence-electron chi connectivity index (χ1n) is 4.93. The molecule has 0 bridgehead atoms. The smallest absolute Gasteiger partial charge is 0.254 e. The summed E-state index contributed by atoms with van der Waals surface area (Å²) < 4.78 is 11.7. The van der Waals surface area contributed by atoms with Crippen molar-refractivity contribution in [2.45, 2.75) is 19.3 Å². The fraction of sp³-hybridized carbons (Fsp3) is 0.600. The molecule has 16 heavy (non-hydrogen) atoms. The number of methoxy groups -OCH3 is 2. The number of nitrogens with zero attached hydrogens (tertiary/aromatic N) is 2. The molecule has 0 aliphatic heterocycles. The average molecular weight is 227 g/mol. The molecule has 1 unspecified atom stereocenters. The van der Waals surface area contributed by atoms with E-state index in [4.69, 9.17) is 9.47 Å². The van der Waals surface area contributed by atoms with Crippen LogP contribution in [-0.2, 0) is 16.5 Å². The third kappa shape index (κ3) is 3.04. The minimum absolute atomic E-state index is 0.195. The second-order valence-corrected chi connectivity index (χ2v) is 3.50. The Bertz CT molecular complexity index is 347. The van der Waals surface area contributed by atoms with Crippen molar-refractivity contribution in [1.82, 2.24) is 15.1 Å². The number of ether oxygens (including phenoxy) is 2. The number of aryl methyl sites for hydroxylation is 1. The lowest BCUT2D eigenvalue weighted by Crippen LogP contribution is -2.42. The van der Waals surface area contributed by atoms with Crippen molar-refractivity contribution < 1.29 is 14.3 Å². The highest BCUT2D eigenvalue weighted by molar-refractivity contribution is 5.93.